The van der Waals surface area contributed by atoms with Crippen LogP contribution in [0.1, 0.15) is 11.3 Å². The summed E-state index contributed by atoms with van der Waals surface area (Å²) in [7, 11) is 1.42. The summed E-state index contributed by atoms with van der Waals surface area (Å²) in [5.41, 5.74) is -0.0564. The maximum Gasteiger partial charge on any atom is 0.437 e. The van der Waals surface area contributed by atoms with Gasteiger partial charge in [0.1, 0.15) is 0 Å². The number of benzene rings is 2. The van der Waals surface area contributed by atoms with Crippen molar-refractivity contribution in [3.8, 4) is 5.75 Å². The van der Waals surface area contributed by atoms with E-state index in [9.17, 15) is 18.0 Å². The van der Waals surface area contributed by atoms with Crippen LogP contribution in [-0.2, 0) is 12.7 Å². The number of halogens is 4. The van der Waals surface area contributed by atoms with Gasteiger partial charge in [-0.05, 0) is 23.8 Å². The van der Waals surface area contributed by atoms with E-state index < -0.39 is 23.7 Å². The molecule has 10 heteroatoms. The Hall–Kier alpha value is -3.14. The number of alkyl halides is 3. The van der Waals surface area contributed by atoms with E-state index in [2.05, 4.69) is 31.2 Å². The van der Waals surface area contributed by atoms with Gasteiger partial charge in [0.05, 0.1) is 6.20 Å². The number of hydrogen-bond acceptors (Lipinski definition) is 5. The Morgan fingerprint density at radius 2 is 1.90 bits per heavy atom. The molecule has 0 fully saturated rings. The Morgan fingerprint density at radius 1 is 1.17 bits per heavy atom. The van der Waals surface area contributed by atoms with Crippen LogP contribution in [0.4, 0.5) is 29.6 Å². The normalized spacial score (nSPS) is 11.1. The van der Waals surface area contributed by atoms with E-state index in [1.165, 1.54) is 7.05 Å². The van der Waals surface area contributed by atoms with Crippen LogP contribution < -0.4 is 10.1 Å². The van der Waals surface area contributed by atoms with Crippen molar-refractivity contribution in [3.05, 3.63) is 76.5 Å². The summed E-state index contributed by atoms with van der Waals surface area (Å²) < 4.78 is 46.2. The van der Waals surface area contributed by atoms with Crippen molar-refractivity contribution in [3.63, 3.8) is 0 Å². The van der Waals surface area contributed by atoms with Crippen LogP contribution in [0.25, 0.3) is 0 Å². The molecule has 0 unspecified atom stereocenters. The number of nitrogens with zero attached hydrogens (tertiary/aromatic N) is 3. The summed E-state index contributed by atoms with van der Waals surface area (Å²) >= 11 is 3.27. The lowest BCUT2D eigenvalue weighted by Crippen LogP contribution is -2.30. The van der Waals surface area contributed by atoms with Crippen molar-refractivity contribution >= 4 is 33.7 Å². The molecule has 0 atom stereocenters. The van der Waals surface area contributed by atoms with Crippen molar-refractivity contribution in [2.75, 3.05) is 12.4 Å². The minimum absolute atomic E-state index is 0.171. The number of rotatable bonds is 5. The van der Waals surface area contributed by atoms with Crippen molar-refractivity contribution in [1.82, 2.24) is 14.9 Å². The zero-order chi connectivity index (χ0) is 21.7. The summed E-state index contributed by atoms with van der Waals surface area (Å²) in [6.45, 7) is 0.171. The predicted octanol–water partition coefficient (Wildman–Crippen LogP) is 5.63. The van der Waals surface area contributed by atoms with E-state index in [-0.39, 0.29) is 12.5 Å². The number of hydrogen-bond donors (Lipinski definition) is 1. The Bertz CT molecular complexity index is 1030. The van der Waals surface area contributed by atoms with Crippen LogP contribution in [0.15, 0.2) is 65.3 Å². The number of carbonyl (C=O) groups is 1. The summed E-state index contributed by atoms with van der Waals surface area (Å²) in [6.07, 6.45) is -4.98. The zero-order valence-corrected chi connectivity index (χ0v) is 17.2. The molecule has 0 aliphatic carbocycles. The SMILES string of the molecule is CN(Cc1ccccc1)C(=O)Oc1cnc(Nc2cccc(Br)c2)nc1C(F)(F)F. The molecule has 0 saturated heterocycles. The van der Waals surface area contributed by atoms with Gasteiger partial charge >= 0.3 is 12.3 Å². The van der Waals surface area contributed by atoms with Gasteiger partial charge in [0.15, 0.2) is 11.4 Å². The molecule has 30 heavy (non-hydrogen) atoms. The predicted molar refractivity (Wildman–Crippen MR) is 108 cm³/mol. The second kappa shape index (κ2) is 9.12. The first-order valence-electron chi connectivity index (χ1n) is 8.66. The van der Waals surface area contributed by atoms with Crippen LogP contribution in [0.3, 0.4) is 0 Å². The highest BCUT2D eigenvalue weighted by Gasteiger charge is 2.38. The van der Waals surface area contributed by atoms with E-state index >= 15 is 0 Å². The van der Waals surface area contributed by atoms with Crippen molar-refractivity contribution in [1.29, 1.82) is 0 Å². The van der Waals surface area contributed by atoms with Gasteiger partial charge in [-0.15, -0.1) is 0 Å². The highest BCUT2D eigenvalue weighted by molar-refractivity contribution is 9.10. The third-order valence-corrected chi connectivity index (χ3v) is 4.37. The smallest absolute Gasteiger partial charge is 0.406 e. The Labute approximate surface area is 178 Å². The molecular weight excluding hydrogens is 465 g/mol. The van der Waals surface area contributed by atoms with Gasteiger partial charge in [0.25, 0.3) is 0 Å². The first-order valence-corrected chi connectivity index (χ1v) is 9.45. The number of ether oxygens (including phenoxy) is 1. The van der Waals surface area contributed by atoms with Gasteiger partial charge in [-0.3, -0.25) is 0 Å². The molecule has 1 aromatic heterocycles. The van der Waals surface area contributed by atoms with Crippen LogP contribution in [0.2, 0.25) is 0 Å². The standard InChI is InChI=1S/C20H16BrF3N4O2/c1-28(12-13-6-3-2-4-7-13)19(29)30-16-11-25-18(27-17(16)20(22,23)24)26-15-9-5-8-14(21)10-15/h2-11H,12H2,1H3,(H,25,26,27). The molecule has 0 radical (unpaired) electrons. The minimum atomic E-state index is -4.84. The summed E-state index contributed by atoms with van der Waals surface area (Å²) in [5.74, 6) is -1.05. The molecule has 0 saturated carbocycles. The van der Waals surface area contributed by atoms with Crippen LogP contribution in [-0.4, -0.2) is 28.0 Å². The van der Waals surface area contributed by atoms with Crippen molar-refractivity contribution < 1.29 is 22.7 Å². The summed E-state index contributed by atoms with van der Waals surface area (Å²) in [6, 6.07) is 15.8. The molecule has 0 aliphatic rings. The van der Waals surface area contributed by atoms with Crippen LogP contribution >= 0.6 is 15.9 Å². The van der Waals surface area contributed by atoms with E-state index in [1.54, 1.807) is 48.5 Å². The lowest BCUT2D eigenvalue weighted by atomic mass is 10.2. The molecule has 0 spiro atoms. The Balaban J connectivity index is 1.79. The maximum atomic E-state index is 13.5. The fourth-order valence-corrected chi connectivity index (χ4v) is 2.90. The monoisotopic (exact) mass is 480 g/mol. The molecule has 3 rings (SSSR count). The van der Waals surface area contributed by atoms with Gasteiger partial charge in [-0.1, -0.05) is 52.3 Å². The fourth-order valence-electron chi connectivity index (χ4n) is 2.50. The first kappa shape index (κ1) is 21.6. The molecule has 156 valence electrons. The van der Waals surface area contributed by atoms with Gasteiger partial charge in [-0.25, -0.2) is 14.8 Å². The second-order valence-corrected chi connectivity index (χ2v) is 7.16. The lowest BCUT2D eigenvalue weighted by Gasteiger charge is -2.18. The van der Waals surface area contributed by atoms with Gasteiger partial charge < -0.3 is 15.0 Å². The highest BCUT2D eigenvalue weighted by atomic mass is 79.9. The Kier molecular flexibility index (Phi) is 6.56. The number of carbonyl (C=O) groups excluding carboxylic acids is 1. The van der Waals surface area contributed by atoms with E-state index in [4.69, 9.17) is 4.74 Å². The number of nitrogens with one attached hydrogen (secondary N) is 1. The average molecular weight is 481 g/mol. The van der Waals surface area contributed by atoms with Crippen molar-refractivity contribution in [2.45, 2.75) is 12.7 Å². The maximum absolute atomic E-state index is 13.5. The lowest BCUT2D eigenvalue weighted by molar-refractivity contribution is -0.142. The van der Waals surface area contributed by atoms with E-state index in [1.807, 2.05) is 6.07 Å². The topological polar surface area (TPSA) is 67.4 Å². The number of amides is 1. The number of anilines is 2. The largest absolute Gasteiger partial charge is 0.437 e. The van der Waals surface area contributed by atoms with E-state index in [0.29, 0.717) is 5.69 Å². The molecule has 2 aromatic carbocycles. The zero-order valence-electron chi connectivity index (χ0n) is 15.7. The minimum Gasteiger partial charge on any atom is -0.406 e. The Morgan fingerprint density at radius 3 is 2.57 bits per heavy atom. The molecule has 0 bridgehead atoms. The molecule has 1 amide bonds. The molecule has 0 aliphatic heterocycles. The van der Waals surface area contributed by atoms with E-state index in [0.717, 1.165) is 21.1 Å². The van der Waals surface area contributed by atoms with Crippen LogP contribution in [0.5, 0.6) is 5.75 Å². The molecule has 1 N–H and O–H groups in total. The van der Waals surface area contributed by atoms with Gasteiger partial charge in [-0.2, -0.15) is 13.2 Å². The molecule has 6 nitrogen and oxygen atoms in total. The second-order valence-electron chi connectivity index (χ2n) is 6.25. The molecule has 1 heterocycles. The average Bonchev–Trinajstić information content (AvgIpc) is 2.69. The van der Waals surface area contributed by atoms with Crippen molar-refractivity contribution in [2.24, 2.45) is 0 Å². The molecule has 3 aromatic rings. The molecular formula is C20H16BrF3N4O2. The number of aromatic nitrogens is 2. The first-order chi connectivity index (χ1) is 14.2. The highest BCUT2D eigenvalue weighted by Crippen LogP contribution is 2.35. The fraction of sp³-hybridized carbons (Fsp3) is 0.150. The van der Waals surface area contributed by atoms with Gasteiger partial charge in [0, 0.05) is 23.8 Å². The summed E-state index contributed by atoms with van der Waals surface area (Å²) in [4.78, 5) is 20.8. The quantitative estimate of drug-likeness (QED) is 0.512. The third kappa shape index (κ3) is 5.69. The summed E-state index contributed by atoms with van der Waals surface area (Å²) in [5, 5.41) is 2.69. The van der Waals surface area contributed by atoms with Gasteiger partial charge in [0.2, 0.25) is 5.95 Å². The third-order valence-electron chi connectivity index (χ3n) is 3.88. The van der Waals surface area contributed by atoms with Crippen LogP contribution in [0, 0.1) is 0 Å².